The van der Waals surface area contributed by atoms with Crippen LogP contribution in [0.3, 0.4) is 0 Å². The molecular weight excluding hydrogens is 343 g/mol. The van der Waals surface area contributed by atoms with Crippen LogP contribution in [0.1, 0.15) is 15.4 Å². The Labute approximate surface area is 132 Å². The fourth-order valence-corrected chi connectivity index (χ4v) is 2.90. The molecule has 1 amide bonds. The van der Waals surface area contributed by atoms with Crippen LogP contribution in [-0.4, -0.2) is 38.9 Å². The lowest BCUT2D eigenvalue weighted by molar-refractivity contribution is -0.141. The first-order chi connectivity index (χ1) is 10.2. The Morgan fingerprint density at radius 3 is 2.73 bits per heavy atom. The first-order valence-corrected chi connectivity index (χ1v) is 7.19. The summed E-state index contributed by atoms with van der Waals surface area (Å²) in [6.07, 6.45) is -4.58. The van der Waals surface area contributed by atoms with Crippen molar-refractivity contribution in [1.82, 2.24) is 14.2 Å². The summed E-state index contributed by atoms with van der Waals surface area (Å²) >= 11 is 6.55. The van der Waals surface area contributed by atoms with Gasteiger partial charge in [-0.25, -0.2) is 0 Å². The van der Waals surface area contributed by atoms with Crippen LogP contribution in [-0.2, 0) is 12.7 Å². The van der Waals surface area contributed by atoms with Crippen LogP contribution < -0.4 is 0 Å². The molecule has 2 aromatic heterocycles. The molecule has 0 bridgehead atoms. The highest BCUT2D eigenvalue weighted by atomic mass is 35.5. The van der Waals surface area contributed by atoms with Gasteiger partial charge in [-0.1, -0.05) is 0 Å². The molecule has 0 saturated heterocycles. The van der Waals surface area contributed by atoms with Gasteiger partial charge < -0.3 is 5.11 Å². The van der Waals surface area contributed by atoms with E-state index < -0.39 is 17.8 Å². The Morgan fingerprint density at radius 1 is 1.50 bits per heavy atom. The molecule has 0 aliphatic heterocycles. The summed E-state index contributed by atoms with van der Waals surface area (Å²) in [5, 5.41) is 12.4. The summed E-state index contributed by atoms with van der Waals surface area (Å²) in [4.78, 5) is 12.4. The van der Waals surface area contributed by atoms with Crippen molar-refractivity contribution < 1.29 is 23.1 Å². The van der Waals surface area contributed by atoms with Crippen molar-refractivity contribution in [2.75, 3.05) is 13.7 Å². The Bertz CT molecular complexity index is 681. The molecule has 22 heavy (non-hydrogen) atoms. The minimum absolute atomic E-state index is 0.0813. The van der Waals surface area contributed by atoms with Gasteiger partial charge >= 0.3 is 6.18 Å². The average Bonchev–Trinajstić information content (AvgIpc) is 3.03. The van der Waals surface area contributed by atoms with Crippen LogP contribution in [0.4, 0.5) is 13.2 Å². The van der Waals surface area contributed by atoms with E-state index in [0.717, 1.165) is 26.5 Å². The summed E-state index contributed by atoms with van der Waals surface area (Å²) in [5.41, 5.74) is -0.866. The molecule has 1 N–H and O–H groups in total. The van der Waals surface area contributed by atoms with Gasteiger partial charge in [0, 0.05) is 18.8 Å². The highest BCUT2D eigenvalue weighted by Crippen LogP contribution is 2.34. The number of alkyl halides is 3. The van der Waals surface area contributed by atoms with Crippen LogP contribution in [0, 0.1) is 0 Å². The quantitative estimate of drug-likeness (QED) is 0.860. The highest BCUT2D eigenvalue weighted by Gasteiger charge is 2.35. The number of carbonyl (C=O) groups is 1. The monoisotopic (exact) mass is 353 g/mol. The predicted octanol–water partition coefficient (Wildman–Crippen LogP) is 2.85. The molecule has 2 aromatic rings. The van der Waals surface area contributed by atoms with Gasteiger partial charge in [-0.05, 0) is 18.2 Å². The number of aliphatic hydroxyl groups excluding tert-OH is 1. The lowest BCUT2D eigenvalue weighted by atomic mass is 10.3. The summed E-state index contributed by atoms with van der Waals surface area (Å²) in [6.45, 7) is -0.435. The number of rotatable bonds is 4. The van der Waals surface area contributed by atoms with E-state index in [0.29, 0.717) is 4.88 Å². The van der Waals surface area contributed by atoms with E-state index in [-0.39, 0.29) is 23.7 Å². The van der Waals surface area contributed by atoms with E-state index in [4.69, 9.17) is 16.9 Å². The first-order valence-electron chi connectivity index (χ1n) is 6.04. The van der Waals surface area contributed by atoms with Gasteiger partial charge in [0.25, 0.3) is 5.91 Å². The highest BCUT2D eigenvalue weighted by molar-refractivity contribution is 7.17. The lowest BCUT2D eigenvalue weighted by Crippen LogP contribution is -2.14. The molecule has 0 aliphatic carbocycles. The minimum Gasteiger partial charge on any atom is -0.394 e. The minimum atomic E-state index is -4.58. The molecule has 0 spiro atoms. The number of halogens is 4. The second-order valence-electron chi connectivity index (χ2n) is 4.31. The third-order valence-corrected chi connectivity index (χ3v) is 3.98. The maximum atomic E-state index is 12.8. The van der Waals surface area contributed by atoms with Crippen LogP contribution >= 0.6 is 23.1 Å². The zero-order valence-electron chi connectivity index (χ0n) is 11.3. The summed E-state index contributed by atoms with van der Waals surface area (Å²) in [7, 11) is 1.36. The van der Waals surface area contributed by atoms with Crippen LogP contribution in [0.25, 0.3) is 10.6 Å². The molecule has 0 unspecified atom stereocenters. The third kappa shape index (κ3) is 3.42. The van der Waals surface area contributed by atoms with Crippen molar-refractivity contribution >= 4 is 29.0 Å². The zero-order chi connectivity index (χ0) is 16.5. The molecule has 0 radical (unpaired) electrons. The Morgan fingerprint density at radius 2 is 2.18 bits per heavy atom. The number of hydrogen-bond donors (Lipinski definition) is 1. The average molecular weight is 354 g/mol. The second kappa shape index (κ2) is 6.27. The van der Waals surface area contributed by atoms with E-state index in [9.17, 15) is 18.0 Å². The van der Waals surface area contributed by atoms with Gasteiger partial charge in [0.1, 0.15) is 0 Å². The van der Waals surface area contributed by atoms with E-state index in [1.807, 2.05) is 0 Å². The zero-order valence-corrected chi connectivity index (χ0v) is 12.8. The van der Waals surface area contributed by atoms with Crippen molar-refractivity contribution in [3.05, 3.63) is 28.8 Å². The summed E-state index contributed by atoms with van der Waals surface area (Å²) < 4.78 is 40.2. The predicted molar refractivity (Wildman–Crippen MR) is 75.6 cm³/mol. The van der Waals surface area contributed by atoms with E-state index in [2.05, 4.69) is 5.10 Å². The van der Waals surface area contributed by atoms with Gasteiger partial charge in [-0.2, -0.15) is 18.3 Å². The molecule has 0 aliphatic rings. The first kappa shape index (κ1) is 16.8. The SMILES string of the molecule is CN(Cl)C(=O)c1ccc(-c2cc(C(F)(F)F)nn2CCO)s1. The maximum Gasteiger partial charge on any atom is 0.435 e. The van der Waals surface area contributed by atoms with Gasteiger partial charge in [-0.3, -0.25) is 13.9 Å². The third-order valence-electron chi connectivity index (χ3n) is 2.73. The standard InChI is InChI=1S/C12H11ClF3N3O2S/c1-18(13)11(21)9-3-2-8(22-9)7-6-10(12(14,15)16)17-19(7)4-5-20/h2-3,6,20H,4-5H2,1H3. The van der Waals surface area contributed by atoms with E-state index in [1.54, 1.807) is 0 Å². The van der Waals surface area contributed by atoms with Crippen molar-refractivity contribution in [3.63, 3.8) is 0 Å². The van der Waals surface area contributed by atoms with Gasteiger partial charge in [0.2, 0.25) is 0 Å². The smallest absolute Gasteiger partial charge is 0.394 e. The molecule has 2 heterocycles. The van der Waals surface area contributed by atoms with Gasteiger partial charge in [0.05, 0.1) is 28.6 Å². The second-order valence-corrected chi connectivity index (χ2v) is 5.90. The van der Waals surface area contributed by atoms with Crippen molar-refractivity contribution in [2.45, 2.75) is 12.7 Å². The van der Waals surface area contributed by atoms with E-state index >= 15 is 0 Å². The van der Waals surface area contributed by atoms with Crippen molar-refractivity contribution in [3.8, 4) is 10.6 Å². The number of aliphatic hydroxyl groups is 1. The number of aromatic nitrogens is 2. The fraction of sp³-hybridized carbons (Fsp3) is 0.333. The number of hydrogen-bond acceptors (Lipinski definition) is 4. The number of thiophene rings is 1. The number of nitrogens with zero attached hydrogens (tertiary/aromatic N) is 3. The fourth-order valence-electron chi connectivity index (χ4n) is 1.76. The molecular formula is C12H11ClF3N3O2S. The lowest BCUT2D eigenvalue weighted by Gasteiger charge is -2.04. The molecule has 0 saturated carbocycles. The largest absolute Gasteiger partial charge is 0.435 e. The van der Waals surface area contributed by atoms with Gasteiger partial charge in [-0.15, -0.1) is 11.3 Å². The number of amides is 1. The van der Waals surface area contributed by atoms with Gasteiger partial charge in [0.15, 0.2) is 5.69 Å². The summed E-state index contributed by atoms with van der Waals surface area (Å²) in [6, 6.07) is 3.88. The maximum absolute atomic E-state index is 12.8. The van der Waals surface area contributed by atoms with Crippen molar-refractivity contribution in [1.29, 1.82) is 0 Å². The molecule has 120 valence electrons. The van der Waals surface area contributed by atoms with Crippen LogP contribution in [0.2, 0.25) is 0 Å². The topological polar surface area (TPSA) is 58.4 Å². The summed E-state index contributed by atoms with van der Waals surface area (Å²) in [5.74, 6) is -0.456. The van der Waals surface area contributed by atoms with Crippen LogP contribution in [0.5, 0.6) is 0 Å². The number of carbonyl (C=O) groups excluding carboxylic acids is 1. The normalized spacial score (nSPS) is 11.7. The molecule has 5 nitrogen and oxygen atoms in total. The molecule has 0 fully saturated rings. The Hall–Kier alpha value is -1.58. The van der Waals surface area contributed by atoms with Crippen LogP contribution in [0.15, 0.2) is 18.2 Å². The molecule has 10 heteroatoms. The Balaban J connectivity index is 2.43. The molecule has 2 rings (SSSR count). The van der Waals surface area contributed by atoms with E-state index in [1.165, 1.54) is 19.2 Å². The molecule has 0 atom stereocenters. The molecule has 0 aromatic carbocycles. The Kier molecular flexibility index (Phi) is 4.78. The van der Waals surface area contributed by atoms with Crippen molar-refractivity contribution in [2.24, 2.45) is 0 Å².